The molecule has 0 bridgehead atoms. The third-order valence-electron chi connectivity index (χ3n) is 8.39. The summed E-state index contributed by atoms with van der Waals surface area (Å²) in [5.41, 5.74) is 2.06. The molecule has 3 N–H and O–H groups in total. The van der Waals surface area contributed by atoms with Crippen LogP contribution in [-0.2, 0) is 32.0 Å². The predicted octanol–water partition coefficient (Wildman–Crippen LogP) is 5.72. The van der Waals surface area contributed by atoms with Crippen molar-refractivity contribution >= 4 is 17.8 Å². The average molecular weight is 603 g/mol. The van der Waals surface area contributed by atoms with Crippen LogP contribution in [0.15, 0.2) is 86.0 Å². The van der Waals surface area contributed by atoms with Crippen molar-refractivity contribution in [2.75, 3.05) is 13.2 Å². The lowest BCUT2D eigenvalue weighted by Gasteiger charge is -2.28. The number of hydrogen-bond donors (Lipinski definition) is 3. The summed E-state index contributed by atoms with van der Waals surface area (Å²) in [7, 11) is 0. The molecule has 0 aromatic heterocycles. The van der Waals surface area contributed by atoms with E-state index in [1.54, 1.807) is 12.2 Å². The van der Waals surface area contributed by atoms with E-state index in [4.69, 9.17) is 4.74 Å². The lowest BCUT2D eigenvalue weighted by molar-refractivity contribution is -0.150. The maximum atomic E-state index is 13.5. The topological polar surface area (TPSA) is 105 Å². The second-order valence-electron chi connectivity index (χ2n) is 12.0. The predicted molar refractivity (Wildman–Crippen MR) is 175 cm³/mol. The number of aliphatic hydroxyl groups is 1. The van der Waals surface area contributed by atoms with Crippen molar-refractivity contribution in [3.05, 3.63) is 97.1 Å². The molecular formula is C37H50N2O5. The zero-order valence-electron chi connectivity index (χ0n) is 26.0. The Balaban J connectivity index is 1.62. The highest BCUT2D eigenvalue weighted by atomic mass is 16.5. The van der Waals surface area contributed by atoms with Crippen LogP contribution in [0.2, 0.25) is 0 Å². The van der Waals surface area contributed by atoms with Gasteiger partial charge in [-0.3, -0.25) is 14.4 Å². The van der Waals surface area contributed by atoms with Crippen LogP contribution in [0.3, 0.4) is 0 Å². The number of carbonyl (C=O) groups is 3. The van der Waals surface area contributed by atoms with Crippen molar-refractivity contribution in [3.8, 4) is 0 Å². The summed E-state index contributed by atoms with van der Waals surface area (Å²) >= 11 is 0. The van der Waals surface area contributed by atoms with Gasteiger partial charge in [0.25, 0.3) is 0 Å². The fraction of sp³-hybridized carbons (Fsp3) is 0.486. The summed E-state index contributed by atoms with van der Waals surface area (Å²) in [5, 5.41) is 15.9. The quantitative estimate of drug-likeness (QED) is 0.141. The molecule has 2 aromatic carbocycles. The van der Waals surface area contributed by atoms with Gasteiger partial charge in [0.2, 0.25) is 11.8 Å². The van der Waals surface area contributed by atoms with Crippen LogP contribution in [0, 0.1) is 17.8 Å². The molecule has 0 unspecified atom stereocenters. The Morgan fingerprint density at radius 1 is 0.818 bits per heavy atom. The molecule has 0 aliphatic heterocycles. The standard InChI is InChI=1S/C37H50N2O5/c1-3-14-31(25-35(41)38-33(26-40)23-29-18-10-6-11-19-29)36(42)39-34(24-30-20-12-7-13-21-30)27-44-37(43)32(15-4-2)22-28-16-8-5-9-17-28/h3-6,8-11,16-19,30-34,40H,1-2,7,12-15,20-27H2,(H,38,41)(H,39,42)/t31-,32-,33+,34+/m1/s1. The smallest absolute Gasteiger partial charge is 0.309 e. The normalized spacial score (nSPS) is 16.1. The van der Waals surface area contributed by atoms with Crippen molar-refractivity contribution in [1.29, 1.82) is 0 Å². The van der Waals surface area contributed by atoms with Gasteiger partial charge in [0, 0.05) is 6.42 Å². The fourth-order valence-electron chi connectivity index (χ4n) is 6.03. The van der Waals surface area contributed by atoms with E-state index in [0.717, 1.165) is 43.2 Å². The van der Waals surface area contributed by atoms with Gasteiger partial charge in [0.1, 0.15) is 6.61 Å². The highest BCUT2D eigenvalue weighted by molar-refractivity contribution is 5.86. The van der Waals surface area contributed by atoms with Crippen LogP contribution in [0.1, 0.15) is 68.9 Å². The highest BCUT2D eigenvalue weighted by Crippen LogP contribution is 2.28. The van der Waals surface area contributed by atoms with Gasteiger partial charge in [0.05, 0.1) is 30.5 Å². The molecule has 7 nitrogen and oxygen atoms in total. The maximum absolute atomic E-state index is 13.5. The highest BCUT2D eigenvalue weighted by Gasteiger charge is 2.28. The van der Waals surface area contributed by atoms with Crippen molar-refractivity contribution in [2.24, 2.45) is 17.8 Å². The minimum Gasteiger partial charge on any atom is -0.463 e. The molecule has 7 heteroatoms. The lowest BCUT2D eigenvalue weighted by Crippen LogP contribution is -2.45. The first kappa shape index (κ1) is 34.8. The molecule has 0 saturated heterocycles. The molecule has 238 valence electrons. The summed E-state index contributed by atoms with van der Waals surface area (Å²) in [6.45, 7) is 7.50. The summed E-state index contributed by atoms with van der Waals surface area (Å²) in [5.74, 6) is -1.39. The SMILES string of the molecule is C=CC[C@H](CC(=O)N[C@H](CO)Cc1ccccc1)C(=O)N[C@H](COC(=O)[C@H](CC=C)Cc1ccccc1)CC1CCCCC1. The van der Waals surface area contributed by atoms with Gasteiger partial charge >= 0.3 is 5.97 Å². The molecule has 0 heterocycles. The third kappa shape index (κ3) is 12.5. The van der Waals surface area contributed by atoms with Gasteiger partial charge in [-0.05, 0) is 49.1 Å². The molecule has 0 spiro atoms. The summed E-state index contributed by atoms with van der Waals surface area (Å²) in [6, 6.07) is 18.7. The third-order valence-corrected chi connectivity index (χ3v) is 8.39. The van der Waals surface area contributed by atoms with E-state index in [1.807, 2.05) is 60.7 Å². The average Bonchev–Trinajstić information content (AvgIpc) is 3.04. The van der Waals surface area contributed by atoms with Crippen molar-refractivity contribution < 1.29 is 24.2 Å². The van der Waals surface area contributed by atoms with E-state index in [1.165, 1.54) is 6.42 Å². The number of allylic oxidation sites excluding steroid dienone is 2. The second-order valence-corrected chi connectivity index (χ2v) is 12.0. The Hall–Kier alpha value is -3.71. The van der Waals surface area contributed by atoms with Crippen LogP contribution in [-0.4, -0.2) is 48.2 Å². The van der Waals surface area contributed by atoms with Gasteiger partial charge in [-0.1, -0.05) is 105 Å². The van der Waals surface area contributed by atoms with Crippen molar-refractivity contribution in [3.63, 3.8) is 0 Å². The van der Waals surface area contributed by atoms with Crippen LogP contribution >= 0.6 is 0 Å². The van der Waals surface area contributed by atoms with E-state index in [0.29, 0.717) is 31.6 Å². The van der Waals surface area contributed by atoms with Gasteiger partial charge in [0.15, 0.2) is 0 Å². The fourth-order valence-corrected chi connectivity index (χ4v) is 6.03. The monoisotopic (exact) mass is 602 g/mol. The van der Waals surface area contributed by atoms with Crippen LogP contribution < -0.4 is 10.6 Å². The number of aliphatic hydroxyl groups excluding tert-OH is 1. The molecule has 3 rings (SSSR count). The Bertz CT molecular complexity index is 1160. The molecule has 44 heavy (non-hydrogen) atoms. The van der Waals surface area contributed by atoms with Crippen molar-refractivity contribution in [2.45, 2.75) is 82.7 Å². The minimum atomic E-state index is -0.625. The summed E-state index contributed by atoms with van der Waals surface area (Å²) in [4.78, 5) is 39.7. The van der Waals surface area contributed by atoms with E-state index in [9.17, 15) is 19.5 Å². The molecule has 0 radical (unpaired) electrons. The maximum Gasteiger partial charge on any atom is 0.309 e. The van der Waals surface area contributed by atoms with Crippen LogP contribution in [0.25, 0.3) is 0 Å². The van der Waals surface area contributed by atoms with Gasteiger partial charge in [-0.25, -0.2) is 0 Å². The molecular weight excluding hydrogens is 552 g/mol. The number of nitrogens with one attached hydrogen (secondary N) is 2. The first-order valence-corrected chi connectivity index (χ1v) is 16.1. The van der Waals surface area contributed by atoms with Crippen molar-refractivity contribution in [1.82, 2.24) is 10.6 Å². The molecule has 4 atom stereocenters. The number of hydrogen-bond acceptors (Lipinski definition) is 5. The summed E-state index contributed by atoms with van der Waals surface area (Å²) in [6.07, 6.45) is 11.7. The molecule has 2 amide bonds. The Morgan fingerprint density at radius 3 is 2.00 bits per heavy atom. The van der Waals surface area contributed by atoms with E-state index < -0.39 is 12.0 Å². The number of carbonyl (C=O) groups excluding carboxylic acids is 3. The van der Waals surface area contributed by atoms with Gasteiger partial charge in [-0.15, -0.1) is 13.2 Å². The first-order chi connectivity index (χ1) is 21.4. The Labute approximate surface area is 263 Å². The van der Waals surface area contributed by atoms with E-state index in [-0.39, 0.29) is 49.4 Å². The van der Waals surface area contributed by atoms with Crippen LogP contribution in [0.5, 0.6) is 0 Å². The zero-order chi connectivity index (χ0) is 31.6. The second kappa shape index (κ2) is 19.5. The molecule has 1 aliphatic rings. The Kier molecular flexibility index (Phi) is 15.4. The molecule has 1 saturated carbocycles. The van der Waals surface area contributed by atoms with E-state index in [2.05, 4.69) is 23.8 Å². The zero-order valence-corrected chi connectivity index (χ0v) is 26.0. The lowest BCUT2D eigenvalue weighted by atomic mass is 9.84. The molecule has 2 aromatic rings. The molecule has 1 aliphatic carbocycles. The summed E-state index contributed by atoms with van der Waals surface area (Å²) < 4.78 is 5.85. The minimum absolute atomic E-state index is 0.0302. The number of ether oxygens (including phenoxy) is 1. The van der Waals surface area contributed by atoms with Gasteiger partial charge in [-0.2, -0.15) is 0 Å². The van der Waals surface area contributed by atoms with Crippen LogP contribution in [0.4, 0.5) is 0 Å². The number of esters is 1. The number of amides is 2. The molecule has 1 fully saturated rings. The number of rotatable bonds is 19. The number of benzene rings is 2. The van der Waals surface area contributed by atoms with Gasteiger partial charge < -0.3 is 20.5 Å². The Morgan fingerprint density at radius 2 is 1.41 bits per heavy atom. The largest absolute Gasteiger partial charge is 0.463 e. The van der Waals surface area contributed by atoms with E-state index >= 15 is 0 Å². The first-order valence-electron chi connectivity index (χ1n) is 16.1.